The number of hydrogen-bond donors (Lipinski definition) is 1. The molecule has 0 radical (unpaired) electrons. The largest absolute Gasteiger partial charge is 0.383 e. The summed E-state index contributed by atoms with van der Waals surface area (Å²) in [7, 11) is 0. The van der Waals surface area contributed by atoms with Gasteiger partial charge in [-0.1, -0.05) is 30.3 Å². The van der Waals surface area contributed by atoms with Gasteiger partial charge in [-0.3, -0.25) is 4.79 Å². The fourth-order valence-corrected chi connectivity index (χ4v) is 2.19. The van der Waals surface area contributed by atoms with Crippen molar-refractivity contribution in [3.63, 3.8) is 0 Å². The van der Waals surface area contributed by atoms with Crippen molar-refractivity contribution in [2.75, 3.05) is 5.32 Å². The Morgan fingerprint density at radius 1 is 1.05 bits per heavy atom. The van der Waals surface area contributed by atoms with Crippen molar-refractivity contribution in [3.05, 3.63) is 65.7 Å². The average Bonchev–Trinajstić information content (AvgIpc) is 2.47. The van der Waals surface area contributed by atoms with Gasteiger partial charge in [-0.15, -0.1) is 0 Å². The minimum absolute atomic E-state index is 0.105. The molecule has 1 atom stereocenters. The molecule has 0 saturated carbocycles. The zero-order chi connectivity index (χ0) is 14.4. The van der Waals surface area contributed by atoms with E-state index in [1.54, 1.807) is 6.92 Å². The van der Waals surface area contributed by atoms with Gasteiger partial charge in [0.25, 0.3) is 0 Å². The molecule has 2 aromatic carbocycles. The zero-order valence-electron chi connectivity index (χ0n) is 12.1. The van der Waals surface area contributed by atoms with Crippen LogP contribution in [0.3, 0.4) is 0 Å². The summed E-state index contributed by atoms with van der Waals surface area (Å²) in [6.07, 6.45) is 2.15. The van der Waals surface area contributed by atoms with Crippen LogP contribution >= 0.6 is 0 Å². The molecule has 2 rings (SSSR count). The van der Waals surface area contributed by atoms with E-state index in [0.29, 0.717) is 6.04 Å². The Hall–Kier alpha value is -2.09. The molecule has 104 valence electrons. The summed E-state index contributed by atoms with van der Waals surface area (Å²) in [5, 5.41) is 3.47. The van der Waals surface area contributed by atoms with Crippen LogP contribution in [-0.2, 0) is 6.42 Å². The van der Waals surface area contributed by atoms with Crippen LogP contribution in [0.25, 0.3) is 0 Å². The lowest BCUT2D eigenvalue weighted by Gasteiger charge is -2.15. The topological polar surface area (TPSA) is 29.1 Å². The van der Waals surface area contributed by atoms with E-state index in [9.17, 15) is 4.79 Å². The Bertz CT molecular complexity index is 545. The first-order valence-corrected chi connectivity index (χ1v) is 7.06. The van der Waals surface area contributed by atoms with E-state index in [2.05, 4.69) is 36.5 Å². The molecule has 0 fully saturated rings. The highest BCUT2D eigenvalue weighted by molar-refractivity contribution is 5.94. The van der Waals surface area contributed by atoms with Crippen molar-refractivity contribution in [2.45, 2.75) is 32.7 Å². The predicted molar refractivity (Wildman–Crippen MR) is 84.3 cm³/mol. The summed E-state index contributed by atoms with van der Waals surface area (Å²) in [5.74, 6) is 0.105. The first kappa shape index (κ1) is 14.3. The number of anilines is 1. The lowest BCUT2D eigenvalue weighted by atomic mass is 10.1. The number of carbonyl (C=O) groups is 1. The lowest BCUT2D eigenvalue weighted by Crippen LogP contribution is -2.16. The van der Waals surface area contributed by atoms with Crippen LogP contribution in [0.4, 0.5) is 5.69 Å². The molecule has 0 aromatic heterocycles. The summed E-state index contributed by atoms with van der Waals surface area (Å²) in [6, 6.07) is 18.6. The molecular formula is C18H21NO. The van der Waals surface area contributed by atoms with Gasteiger partial charge in [0.1, 0.15) is 0 Å². The van der Waals surface area contributed by atoms with Crippen LogP contribution in [-0.4, -0.2) is 11.8 Å². The van der Waals surface area contributed by atoms with E-state index in [0.717, 1.165) is 24.1 Å². The third-order valence-corrected chi connectivity index (χ3v) is 3.41. The summed E-state index contributed by atoms with van der Waals surface area (Å²) in [5.41, 5.74) is 3.19. The molecule has 0 bridgehead atoms. The quantitative estimate of drug-likeness (QED) is 0.790. The molecule has 2 aromatic rings. The van der Waals surface area contributed by atoms with Gasteiger partial charge in [-0.05, 0) is 56.5 Å². The first-order valence-electron chi connectivity index (χ1n) is 7.06. The second-order valence-corrected chi connectivity index (χ2v) is 5.20. The van der Waals surface area contributed by atoms with Crippen LogP contribution in [0.1, 0.15) is 36.2 Å². The number of nitrogens with one attached hydrogen (secondary N) is 1. The minimum atomic E-state index is 0.105. The van der Waals surface area contributed by atoms with Gasteiger partial charge < -0.3 is 5.32 Å². The summed E-state index contributed by atoms with van der Waals surface area (Å²) < 4.78 is 0. The van der Waals surface area contributed by atoms with Gasteiger partial charge in [0.15, 0.2) is 5.78 Å². The molecule has 0 aliphatic rings. The van der Waals surface area contributed by atoms with E-state index in [-0.39, 0.29) is 5.78 Å². The normalized spacial score (nSPS) is 11.9. The monoisotopic (exact) mass is 267 g/mol. The summed E-state index contributed by atoms with van der Waals surface area (Å²) in [4.78, 5) is 11.2. The van der Waals surface area contributed by atoms with Crippen molar-refractivity contribution in [1.29, 1.82) is 0 Å². The maximum atomic E-state index is 11.2. The SMILES string of the molecule is CC(=O)c1ccc(NC(C)CCc2ccccc2)cc1. The van der Waals surface area contributed by atoms with Crippen molar-refractivity contribution in [2.24, 2.45) is 0 Å². The first-order chi connectivity index (χ1) is 9.65. The summed E-state index contributed by atoms with van der Waals surface area (Å²) >= 11 is 0. The Kier molecular flexibility index (Phi) is 4.94. The second kappa shape index (κ2) is 6.90. The molecular weight excluding hydrogens is 246 g/mol. The molecule has 1 N–H and O–H groups in total. The third kappa shape index (κ3) is 4.23. The van der Waals surface area contributed by atoms with E-state index >= 15 is 0 Å². The molecule has 20 heavy (non-hydrogen) atoms. The van der Waals surface area contributed by atoms with Crippen LogP contribution in [0.5, 0.6) is 0 Å². The van der Waals surface area contributed by atoms with Crippen LogP contribution in [0.15, 0.2) is 54.6 Å². The van der Waals surface area contributed by atoms with E-state index in [4.69, 9.17) is 0 Å². The van der Waals surface area contributed by atoms with E-state index < -0.39 is 0 Å². The molecule has 0 aliphatic heterocycles. The highest BCUT2D eigenvalue weighted by Crippen LogP contribution is 2.13. The maximum Gasteiger partial charge on any atom is 0.159 e. The van der Waals surface area contributed by atoms with Gasteiger partial charge in [-0.25, -0.2) is 0 Å². The molecule has 0 spiro atoms. The van der Waals surface area contributed by atoms with Gasteiger partial charge >= 0.3 is 0 Å². The fourth-order valence-electron chi connectivity index (χ4n) is 2.19. The van der Waals surface area contributed by atoms with Crippen LogP contribution in [0.2, 0.25) is 0 Å². The molecule has 0 amide bonds. The number of rotatable bonds is 6. The number of benzene rings is 2. The van der Waals surface area contributed by atoms with Crippen LogP contribution < -0.4 is 5.32 Å². The van der Waals surface area contributed by atoms with Gasteiger partial charge in [-0.2, -0.15) is 0 Å². The average molecular weight is 267 g/mol. The van der Waals surface area contributed by atoms with Gasteiger partial charge in [0.05, 0.1) is 0 Å². The van der Waals surface area contributed by atoms with Crippen molar-refractivity contribution in [3.8, 4) is 0 Å². The number of Topliss-reactive ketones (excluding diaryl/α,β-unsaturated/α-hetero) is 1. The third-order valence-electron chi connectivity index (χ3n) is 3.41. The molecule has 1 unspecified atom stereocenters. The molecule has 0 saturated heterocycles. The zero-order valence-corrected chi connectivity index (χ0v) is 12.1. The van der Waals surface area contributed by atoms with Crippen molar-refractivity contribution >= 4 is 11.5 Å². The van der Waals surface area contributed by atoms with Crippen LogP contribution in [0, 0.1) is 0 Å². The highest BCUT2D eigenvalue weighted by Gasteiger charge is 2.04. The predicted octanol–water partition coefficient (Wildman–Crippen LogP) is 4.32. The second-order valence-electron chi connectivity index (χ2n) is 5.20. The van der Waals surface area contributed by atoms with Crippen molar-refractivity contribution in [1.82, 2.24) is 0 Å². The lowest BCUT2D eigenvalue weighted by molar-refractivity contribution is 0.101. The molecule has 0 aliphatic carbocycles. The number of ketones is 1. The number of hydrogen-bond acceptors (Lipinski definition) is 2. The van der Waals surface area contributed by atoms with Gasteiger partial charge in [0, 0.05) is 17.3 Å². The standard InChI is InChI=1S/C18H21NO/c1-14(8-9-16-6-4-3-5-7-16)19-18-12-10-17(11-13-18)15(2)20/h3-7,10-14,19H,8-9H2,1-2H3. The Morgan fingerprint density at radius 3 is 2.30 bits per heavy atom. The highest BCUT2D eigenvalue weighted by atomic mass is 16.1. The van der Waals surface area contributed by atoms with Crippen molar-refractivity contribution < 1.29 is 4.79 Å². The smallest absolute Gasteiger partial charge is 0.159 e. The minimum Gasteiger partial charge on any atom is -0.383 e. The van der Waals surface area contributed by atoms with E-state index in [1.807, 2.05) is 30.3 Å². The van der Waals surface area contributed by atoms with Gasteiger partial charge in [0.2, 0.25) is 0 Å². The molecule has 0 heterocycles. The maximum absolute atomic E-state index is 11.2. The molecule has 2 heteroatoms. The number of aryl methyl sites for hydroxylation is 1. The fraction of sp³-hybridized carbons (Fsp3) is 0.278. The Labute approximate surface area is 120 Å². The Balaban J connectivity index is 1.85. The number of carbonyl (C=O) groups excluding carboxylic acids is 1. The van der Waals surface area contributed by atoms with E-state index in [1.165, 1.54) is 5.56 Å². The Morgan fingerprint density at radius 2 is 1.70 bits per heavy atom. The summed E-state index contributed by atoms with van der Waals surface area (Å²) in [6.45, 7) is 3.77. The molecule has 2 nitrogen and oxygen atoms in total.